The highest BCUT2D eigenvalue weighted by atomic mass is 79.9. The lowest BCUT2D eigenvalue weighted by Crippen LogP contribution is -2.13. The molecule has 0 bridgehead atoms. The lowest BCUT2D eigenvalue weighted by molar-refractivity contribution is 0.191. The Labute approximate surface area is 136 Å². The standard InChI is InChI=1S/C15H14BrCl2NO/c1-9-12(16)3-2-4-14(9)19-8-15(20)11-7-10(17)5-6-13(11)18/h2-7,15,19-20H,8H2,1H3. The molecule has 0 saturated heterocycles. The Hall–Kier alpha value is -0.740. The number of halogens is 3. The predicted octanol–water partition coefficient (Wildman–Crippen LogP) is 5.21. The molecule has 1 unspecified atom stereocenters. The molecule has 0 radical (unpaired) electrons. The fourth-order valence-electron chi connectivity index (χ4n) is 1.89. The van der Waals surface area contributed by atoms with Crippen LogP contribution in [-0.4, -0.2) is 11.7 Å². The van der Waals surface area contributed by atoms with Crippen molar-refractivity contribution in [3.05, 3.63) is 62.0 Å². The maximum atomic E-state index is 10.2. The molecule has 20 heavy (non-hydrogen) atoms. The van der Waals surface area contributed by atoms with E-state index in [0.717, 1.165) is 15.7 Å². The van der Waals surface area contributed by atoms with Gasteiger partial charge in [0.1, 0.15) is 0 Å². The van der Waals surface area contributed by atoms with Crippen molar-refractivity contribution in [3.8, 4) is 0 Å². The molecule has 0 spiro atoms. The zero-order valence-corrected chi connectivity index (χ0v) is 13.9. The van der Waals surface area contributed by atoms with E-state index in [-0.39, 0.29) is 0 Å². The normalized spacial score (nSPS) is 12.2. The summed E-state index contributed by atoms with van der Waals surface area (Å²) in [5.41, 5.74) is 2.69. The van der Waals surface area contributed by atoms with Crippen molar-refractivity contribution in [3.63, 3.8) is 0 Å². The largest absolute Gasteiger partial charge is 0.387 e. The van der Waals surface area contributed by atoms with Crippen LogP contribution >= 0.6 is 39.1 Å². The van der Waals surface area contributed by atoms with E-state index in [0.29, 0.717) is 22.2 Å². The second kappa shape index (κ2) is 6.81. The van der Waals surface area contributed by atoms with Gasteiger partial charge in [0.05, 0.1) is 6.10 Å². The van der Waals surface area contributed by atoms with Gasteiger partial charge in [0, 0.05) is 32.3 Å². The van der Waals surface area contributed by atoms with Crippen LogP contribution < -0.4 is 5.32 Å². The van der Waals surface area contributed by atoms with E-state index in [1.54, 1.807) is 18.2 Å². The van der Waals surface area contributed by atoms with Crippen LogP contribution in [0.2, 0.25) is 10.0 Å². The van der Waals surface area contributed by atoms with E-state index >= 15 is 0 Å². The second-order valence-corrected chi connectivity index (χ2v) is 6.17. The molecule has 2 aromatic rings. The van der Waals surface area contributed by atoms with E-state index in [1.165, 1.54) is 0 Å². The molecule has 0 saturated carbocycles. The van der Waals surface area contributed by atoms with Crippen LogP contribution in [0.15, 0.2) is 40.9 Å². The highest BCUT2D eigenvalue weighted by Crippen LogP contribution is 2.28. The minimum atomic E-state index is -0.723. The number of aliphatic hydroxyl groups excluding tert-OH is 1. The Bertz CT molecular complexity index is 619. The monoisotopic (exact) mass is 373 g/mol. The van der Waals surface area contributed by atoms with Crippen LogP contribution in [0, 0.1) is 6.92 Å². The van der Waals surface area contributed by atoms with Gasteiger partial charge in [0.2, 0.25) is 0 Å². The first kappa shape index (κ1) is 15.6. The molecule has 0 aliphatic rings. The van der Waals surface area contributed by atoms with E-state index < -0.39 is 6.10 Å². The van der Waals surface area contributed by atoms with Gasteiger partial charge in [-0.25, -0.2) is 0 Å². The Morgan fingerprint density at radius 3 is 2.75 bits per heavy atom. The van der Waals surface area contributed by atoms with Crippen LogP contribution in [0.1, 0.15) is 17.2 Å². The van der Waals surface area contributed by atoms with Crippen LogP contribution in [-0.2, 0) is 0 Å². The first-order chi connectivity index (χ1) is 9.49. The molecular formula is C15H14BrCl2NO. The van der Waals surface area contributed by atoms with Crippen LogP contribution in [0.5, 0.6) is 0 Å². The topological polar surface area (TPSA) is 32.3 Å². The van der Waals surface area contributed by atoms with Gasteiger partial charge >= 0.3 is 0 Å². The molecule has 0 fully saturated rings. The summed E-state index contributed by atoms with van der Waals surface area (Å²) in [6.45, 7) is 2.36. The highest BCUT2D eigenvalue weighted by molar-refractivity contribution is 9.10. The van der Waals surface area contributed by atoms with E-state index in [9.17, 15) is 5.11 Å². The molecular weight excluding hydrogens is 361 g/mol. The molecule has 0 aliphatic carbocycles. The van der Waals surface area contributed by atoms with Crippen LogP contribution in [0.25, 0.3) is 0 Å². The van der Waals surface area contributed by atoms with Gasteiger partial charge in [-0.05, 0) is 42.8 Å². The van der Waals surface area contributed by atoms with Gasteiger partial charge in [-0.3, -0.25) is 0 Å². The third-order valence-corrected chi connectivity index (χ3v) is 4.51. The summed E-state index contributed by atoms with van der Waals surface area (Å²) in [5.74, 6) is 0. The summed E-state index contributed by atoms with van der Waals surface area (Å²) in [6.07, 6.45) is -0.723. The third-order valence-electron chi connectivity index (χ3n) is 3.07. The molecule has 106 valence electrons. The van der Waals surface area contributed by atoms with Crippen molar-refractivity contribution >= 4 is 44.8 Å². The third kappa shape index (κ3) is 3.67. The minimum absolute atomic E-state index is 0.358. The van der Waals surface area contributed by atoms with Gasteiger partial charge < -0.3 is 10.4 Å². The Morgan fingerprint density at radius 2 is 2.00 bits per heavy atom. The van der Waals surface area contributed by atoms with Crippen LogP contribution in [0.3, 0.4) is 0 Å². The minimum Gasteiger partial charge on any atom is -0.387 e. The molecule has 0 heterocycles. The van der Waals surface area contributed by atoms with Gasteiger partial charge in [-0.2, -0.15) is 0 Å². The molecule has 0 aliphatic heterocycles. The number of benzene rings is 2. The molecule has 2 N–H and O–H groups in total. The molecule has 2 aromatic carbocycles. The number of rotatable bonds is 4. The summed E-state index contributed by atoms with van der Waals surface area (Å²) in [6, 6.07) is 11.0. The van der Waals surface area contributed by atoms with Gasteiger partial charge in [0.15, 0.2) is 0 Å². The average molecular weight is 375 g/mol. The van der Waals surface area contributed by atoms with Crippen molar-refractivity contribution < 1.29 is 5.11 Å². The first-order valence-corrected chi connectivity index (χ1v) is 7.66. The number of hydrogen-bond acceptors (Lipinski definition) is 2. The summed E-state index contributed by atoms with van der Waals surface area (Å²) < 4.78 is 1.03. The second-order valence-electron chi connectivity index (χ2n) is 4.47. The van der Waals surface area contributed by atoms with E-state index in [4.69, 9.17) is 23.2 Å². The summed E-state index contributed by atoms with van der Waals surface area (Å²) in [5, 5.41) is 14.5. The fraction of sp³-hybridized carbons (Fsp3) is 0.200. The van der Waals surface area contributed by atoms with Crippen molar-refractivity contribution in [2.75, 3.05) is 11.9 Å². The summed E-state index contributed by atoms with van der Waals surface area (Å²) >= 11 is 15.5. The molecule has 1 atom stereocenters. The van der Waals surface area contributed by atoms with Crippen LogP contribution in [0.4, 0.5) is 5.69 Å². The number of anilines is 1. The van der Waals surface area contributed by atoms with Crippen molar-refractivity contribution in [1.82, 2.24) is 0 Å². The quantitative estimate of drug-likeness (QED) is 0.769. The molecule has 2 nitrogen and oxygen atoms in total. The fourth-order valence-corrected chi connectivity index (χ4v) is 2.68. The number of aliphatic hydroxyl groups is 1. The maximum Gasteiger partial charge on any atom is 0.0977 e. The highest BCUT2D eigenvalue weighted by Gasteiger charge is 2.12. The number of nitrogens with one attached hydrogen (secondary N) is 1. The Balaban J connectivity index is 2.10. The van der Waals surface area contributed by atoms with E-state index in [2.05, 4.69) is 21.2 Å². The molecule has 5 heteroatoms. The molecule has 0 amide bonds. The predicted molar refractivity (Wildman–Crippen MR) is 88.8 cm³/mol. The zero-order chi connectivity index (χ0) is 14.7. The lowest BCUT2D eigenvalue weighted by atomic mass is 10.1. The van der Waals surface area contributed by atoms with Gasteiger partial charge in [-0.1, -0.05) is 45.2 Å². The first-order valence-electron chi connectivity index (χ1n) is 6.11. The van der Waals surface area contributed by atoms with Crippen molar-refractivity contribution in [1.29, 1.82) is 0 Å². The van der Waals surface area contributed by atoms with Crippen molar-refractivity contribution in [2.45, 2.75) is 13.0 Å². The number of hydrogen-bond donors (Lipinski definition) is 2. The van der Waals surface area contributed by atoms with Crippen molar-refractivity contribution in [2.24, 2.45) is 0 Å². The zero-order valence-electron chi connectivity index (χ0n) is 10.8. The lowest BCUT2D eigenvalue weighted by Gasteiger charge is -2.16. The Kier molecular flexibility index (Phi) is 5.33. The SMILES string of the molecule is Cc1c(Br)cccc1NCC(O)c1cc(Cl)ccc1Cl. The summed E-state index contributed by atoms with van der Waals surface area (Å²) in [7, 11) is 0. The average Bonchev–Trinajstić information content (AvgIpc) is 2.43. The van der Waals surface area contributed by atoms with Gasteiger partial charge in [-0.15, -0.1) is 0 Å². The van der Waals surface area contributed by atoms with Gasteiger partial charge in [0.25, 0.3) is 0 Å². The Morgan fingerprint density at radius 1 is 1.25 bits per heavy atom. The smallest absolute Gasteiger partial charge is 0.0977 e. The summed E-state index contributed by atoms with van der Waals surface area (Å²) in [4.78, 5) is 0. The van der Waals surface area contributed by atoms with E-state index in [1.807, 2.05) is 25.1 Å². The molecule has 0 aromatic heterocycles. The maximum absolute atomic E-state index is 10.2. The molecule has 2 rings (SSSR count).